The monoisotopic (exact) mass is 390 g/mol. The molecule has 0 spiro atoms. The van der Waals surface area contributed by atoms with Gasteiger partial charge in [0.05, 0.1) is 5.56 Å². The van der Waals surface area contributed by atoms with E-state index in [-0.39, 0.29) is 11.9 Å². The number of nitrogens with one attached hydrogen (secondary N) is 3. The van der Waals surface area contributed by atoms with Gasteiger partial charge in [-0.25, -0.2) is 4.79 Å². The molecule has 2 aromatic carbocycles. The van der Waals surface area contributed by atoms with Gasteiger partial charge in [-0.1, -0.05) is 18.2 Å². The first-order valence-corrected chi connectivity index (χ1v) is 9.61. The smallest absolute Gasteiger partial charge is 0.319 e. The molecule has 0 saturated carbocycles. The van der Waals surface area contributed by atoms with Crippen LogP contribution >= 0.6 is 0 Å². The van der Waals surface area contributed by atoms with Gasteiger partial charge in [-0.2, -0.15) is 0 Å². The molecule has 3 aromatic rings. The quantitative estimate of drug-likeness (QED) is 0.585. The standard InChI is InChI=1S/C23H26N4O2/c1-5-24-23(29)26-19-10-7-9-18(14-19)25-22(28)21-13-16(3)27(17(21)4)20-11-6-8-15(2)12-20/h6-14H,5H2,1-4H3,(H,25,28)(H2,24,26,29). The number of aryl methyl sites for hydroxylation is 2. The maximum absolute atomic E-state index is 12.9. The Bertz CT molecular complexity index is 1050. The van der Waals surface area contributed by atoms with Crippen LogP contribution in [0.25, 0.3) is 5.69 Å². The highest BCUT2D eigenvalue weighted by molar-refractivity contribution is 6.05. The Balaban J connectivity index is 1.82. The number of aromatic nitrogens is 1. The highest BCUT2D eigenvalue weighted by Gasteiger charge is 2.17. The molecule has 29 heavy (non-hydrogen) atoms. The zero-order valence-corrected chi connectivity index (χ0v) is 17.2. The summed E-state index contributed by atoms with van der Waals surface area (Å²) in [4.78, 5) is 24.6. The summed E-state index contributed by atoms with van der Waals surface area (Å²) in [5.41, 5.74) is 5.91. The number of rotatable bonds is 5. The summed E-state index contributed by atoms with van der Waals surface area (Å²) in [6.07, 6.45) is 0. The number of hydrogen-bond acceptors (Lipinski definition) is 2. The zero-order chi connectivity index (χ0) is 21.0. The number of carbonyl (C=O) groups excluding carboxylic acids is 2. The number of nitrogens with zero attached hydrogens (tertiary/aromatic N) is 1. The largest absolute Gasteiger partial charge is 0.338 e. The van der Waals surface area contributed by atoms with Gasteiger partial charge in [0.25, 0.3) is 5.91 Å². The molecule has 0 aliphatic carbocycles. The maximum Gasteiger partial charge on any atom is 0.319 e. The Hall–Kier alpha value is -3.54. The minimum atomic E-state index is -0.280. The molecule has 0 saturated heterocycles. The van der Waals surface area contributed by atoms with Gasteiger partial charge in [0.2, 0.25) is 0 Å². The Morgan fingerprint density at radius 2 is 1.59 bits per heavy atom. The summed E-state index contributed by atoms with van der Waals surface area (Å²) >= 11 is 0. The average Bonchev–Trinajstić information content (AvgIpc) is 2.96. The van der Waals surface area contributed by atoms with Gasteiger partial charge < -0.3 is 20.5 Å². The molecule has 0 fully saturated rings. The van der Waals surface area contributed by atoms with Crippen LogP contribution in [-0.4, -0.2) is 23.1 Å². The van der Waals surface area contributed by atoms with E-state index in [1.165, 1.54) is 0 Å². The second kappa shape index (κ2) is 8.65. The molecule has 150 valence electrons. The van der Waals surface area contributed by atoms with Crippen molar-refractivity contribution in [2.45, 2.75) is 27.7 Å². The molecule has 6 nitrogen and oxygen atoms in total. The van der Waals surface area contributed by atoms with Gasteiger partial charge in [-0.15, -0.1) is 0 Å². The van der Waals surface area contributed by atoms with E-state index in [1.807, 2.05) is 52.0 Å². The Morgan fingerprint density at radius 1 is 0.897 bits per heavy atom. The Labute approximate surface area is 170 Å². The Kier molecular flexibility index (Phi) is 6.02. The summed E-state index contributed by atoms with van der Waals surface area (Å²) in [5, 5.41) is 8.34. The topological polar surface area (TPSA) is 75.2 Å². The first kappa shape index (κ1) is 20.2. The van der Waals surface area contributed by atoms with Crippen molar-refractivity contribution in [3.63, 3.8) is 0 Å². The lowest BCUT2D eigenvalue weighted by atomic mass is 10.2. The molecular weight excluding hydrogens is 364 g/mol. The Morgan fingerprint density at radius 3 is 2.28 bits per heavy atom. The van der Waals surface area contributed by atoms with Crippen molar-refractivity contribution >= 4 is 23.3 Å². The fourth-order valence-electron chi connectivity index (χ4n) is 3.37. The van der Waals surface area contributed by atoms with Gasteiger partial charge >= 0.3 is 6.03 Å². The van der Waals surface area contributed by atoms with E-state index in [2.05, 4.69) is 26.6 Å². The normalized spacial score (nSPS) is 10.5. The molecule has 0 aliphatic heterocycles. The van der Waals surface area contributed by atoms with E-state index in [9.17, 15) is 9.59 Å². The van der Waals surface area contributed by atoms with Crippen LogP contribution in [0.2, 0.25) is 0 Å². The van der Waals surface area contributed by atoms with Crippen LogP contribution < -0.4 is 16.0 Å². The van der Waals surface area contributed by atoms with Crippen molar-refractivity contribution in [1.82, 2.24) is 9.88 Å². The molecule has 3 N–H and O–H groups in total. The lowest BCUT2D eigenvalue weighted by Crippen LogP contribution is -2.28. The molecule has 3 rings (SSSR count). The summed E-state index contributed by atoms with van der Waals surface area (Å²) in [7, 11) is 0. The van der Waals surface area contributed by atoms with Crippen molar-refractivity contribution in [2.24, 2.45) is 0 Å². The molecule has 1 heterocycles. The van der Waals surface area contributed by atoms with E-state index >= 15 is 0 Å². The summed E-state index contributed by atoms with van der Waals surface area (Å²) < 4.78 is 2.08. The van der Waals surface area contributed by atoms with Crippen LogP contribution in [0.5, 0.6) is 0 Å². The highest BCUT2D eigenvalue weighted by Crippen LogP contribution is 2.23. The molecule has 3 amide bonds. The third-order valence-corrected chi connectivity index (χ3v) is 4.65. The molecule has 0 atom stereocenters. The summed E-state index contributed by atoms with van der Waals surface area (Å²) in [5.74, 6) is -0.188. The molecule has 0 radical (unpaired) electrons. The van der Waals surface area contributed by atoms with E-state index in [0.717, 1.165) is 22.6 Å². The van der Waals surface area contributed by atoms with Crippen molar-refractivity contribution in [2.75, 3.05) is 17.2 Å². The fraction of sp³-hybridized carbons (Fsp3) is 0.217. The van der Waals surface area contributed by atoms with E-state index in [4.69, 9.17) is 0 Å². The molecule has 1 aromatic heterocycles. The minimum Gasteiger partial charge on any atom is -0.338 e. The number of anilines is 2. The SMILES string of the molecule is CCNC(=O)Nc1cccc(NC(=O)c2cc(C)n(-c3cccc(C)c3)c2C)c1. The van der Waals surface area contributed by atoms with Gasteiger partial charge in [0.15, 0.2) is 0 Å². The first-order chi connectivity index (χ1) is 13.9. The molecule has 0 bridgehead atoms. The van der Waals surface area contributed by atoms with Crippen LogP contribution in [0.1, 0.15) is 34.2 Å². The minimum absolute atomic E-state index is 0.188. The third-order valence-electron chi connectivity index (χ3n) is 4.65. The van der Waals surface area contributed by atoms with Crippen molar-refractivity contribution < 1.29 is 9.59 Å². The zero-order valence-electron chi connectivity index (χ0n) is 17.2. The number of urea groups is 1. The lowest BCUT2D eigenvalue weighted by molar-refractivity contribution is 0.102. The van der Waals surface area contributed by atoms with Crippen molar-refractivity contribution in [1.29, 1.82) is 0 Å². The summed E-state index contributed by atoms with van der Waals surface area (Å²) in [6.45, 7) is 8.37. The summed E-state index contributed by atoms with van der Waals surface area (Å²) in [6, 6.07) is 16.9. The lowest BCUT2D eigenvalue weighted by Gasteiger charge is -2.11. The number of amides is 3. The van der Waals surface area contributed by atoms with Crippen LogP contribution in [0.4, 0.5) is 16.2 Å². The van der Waals surface area contributed by atoms with Gasteiger partial charge in [-0.3, -0.25) is 4.79 Å². The average molecular weight is 390 g/mol. The van der Waals surface area contributed by atoms with E-state index in [0.29, 0.717) is 23.5 Å². The fourth-order valence-corrected chi connectivity index (χ4v) is 3.37. The number of hydrogen-bond donors (Lipinski definition) is 3. The van der Waals surface area contributed by atoms with E-state index in [1.54, 1.807) is 24.3 Å². The van der Waals surface area contributed by atoms with Gasteiger partial charge in [0.1, 0.15) is 0 Å². The van der Waals surface area contributed by atoms with Gasteiger partial charge in [0, 0.05) is 35.0 Å². The van der Waals surface area contributed by atoms with E-state index < -0.39 is 0 Å². The number of benzene rings is 2. The van der Waals surface area contributed by atoms with Crippen LogP contribution in [-0.2, 0) is 0 Å². The molecule has 0 unspecified atom stereocenters. The van der Waals surface area contributed by atoms with Crippen molar-refractivity contribution in [3.05, 3.63) is 77.1 Å². The highest BCUT2D eigenvalue weighted by atomic mass is 16.2. The third kappa shape index (κ3) is 4.66. The van der Waals surface area contributed by atoms with Crippen LogP contribution in [0.15, 0.2) is 54.6 Å². The predicted molar refractivity (Wildman–Crippen MR) is 117 cm³/mol. The van der Waals surface area contributed by atoms with Gasteiger partial charge in [-0.05, 0) is 69.7 Å². The second-order valence-corrected chi connectivity index (χ2v) is 6.98. The number of carbonyl (C=O) groups is 2. The van der Waals surface area contributed by atoms with Crippen LogP contribution in [0.3, 0.4) is 0 Å². The molecule has 6 heteroatoms. The molecular formula is C23H26N4O2. The van der Waals surface area contributed by atoms with Crippen LogP contribution in [0, 0.1) is 20.8 Å². The second-order valence-electron chi connectivity index (χ2n) is 6.98. The molecule has 0 aliphatic rings. The maximum atomic E-state index is 12.9. The van der Waals surface area contributed by atoms with Crippen molar-refractivity contribution in [3.8, 4) is 5.69 Å². The first-order valence-electron chi connectivity index (χ1n) is 9.61. The predicted octanol–water partition coefficient (Wildman–Crippen LogP) is 4.80.